The highest BCUT2D eigenvalue weighted by Crippen LogP contribution is 2.34. The van der Waals surface area contributed by atoms with Crippen molar-refractivity contribution >= 4 is 5.96 Å². The van der Waals surface area contributed by atoms with Gasteiger partial charge in [-0.2, -0.15) is 0 Å². The molecule has 6 heteroatoms. The van der Waals surface area contributed by atoms with E-state index in [1.165, 1.54) is 0 Å². The molecule has 6 nitrogen and oxygen atoms in total. The quantitative estimate of drug-likeness (QED) is 0.603. The van der Waals surface area contributed by atoms with Gasteiger partial charge in [0.2, 0.25) is 0 Å². The van der Waals surface area contributed by atoms with E-state index in [1.807, 2.05) is 19.2 Å². The first kappa shape index (κ1) is 15.9. The van der Waals surface area contributed by atoms with Crippen LogP contribution in [0.5, 0.6) is 17.2 Å². The van der Waals surface area contributed by atoms with E-state index < -0.39 is 0 Å². The largest absolute Gasteiger partial charge is 0.496 e. The highest BCUT2D eigenvalue weighted by molar-refractivity contribution is 5.79. The highest BCUT2D eigenvalue weighted by atomic mass is 16.5. The van der Waals surface area contributed by atoms with E-state index in [0.29, 0.717) is 12.3 Å². The molecule has 0 amide bonds. The maximum absolute atomic E-state index is 5.41. The number of hydrogen-bond acceptors (Lipinski definition) is 4. The molecule has 0 fully saturated rings. The summed E-state index contributed by atoms with van der Waals surface area (Å²) in [5, 5.41) is 6.17. The zero-order chi connectivity index (χ0) is 15.0. The van der Waals surface area contributed by atoms with Gasteiger partial charge in [0.25, 0.3) is 0 Å². The second kappa shape index (κ2) is 8.14. The molecule has 20 heavy (non-hydrogen) atoms. The average Bonchev–Trinajstić information content (AvgIpc) is 2.50. The topological polar surface area (TPSA) is 64.1 Å². The van der Waals surface area contributed by atoms with Gasteiger partial charge in [0.15, 0.2) is 5.96 Å². The van der Waals surface area contributed by atoms with Crippen LogP contribution in [0, 0.1) is 0 Å². The van der Waals surface area contributed by atoms with E-state index in [-0.39, 0.29) is 0 Å². The maximum atomic E-state index is 5.41. The van der Waals surface area contributed by atoms with Crippen molar-refractivity contribution in [3.8, 4) is 17.2 Å². The normalized spacial score (nSPS) is 10.9. The molecule has 0 aliphatic carbocycles. The molecule has 1 aromatic rings. The lowest BCUT2D eigenvalue weighted by Crippen LogP contribution is -2.35. The molecule has 0 heterocycles. The van der Waals surface area contributed by atoms with E-state index in [9.17, 15) is 0 Å². The van der Waals surface area contributed by atoms with Crippen LogP contribution in [0.3, 0.4) is 0 Å². The van der Waals surface area contributed by atoms with Crippen molar-refractivity contribution < 1.29 is 14.2 Å². The summed E-state index contributed by atoms with van der Waals surface area (Å²) in [6, 6.07) is 3.70. The first-order valence-electron chi connectivity index (χ1n) is 6.37. The number of hydrogen-bond donors (Lipinski definition) is 2. The van der Waals surface area contributed by atoms with Gasteiger partial charge in [0.05, 0.1) is 21.3 Å². The number of nitrogens with one attached hydrogen (secondary N) is 2. The molecule has 112 valence electrons. The fourth-order valence-corrected chi connectivity index (χ4v) is 1.91. The number of rotatable bonds is 6. The van der Waals surface area contributed by atoms with E-state index in [1.54, 1.807) is 28.4 Å². The summed E-state index contributed by atoms with van der Waals surface area (Å²) in [5.41, 5.74) is 0.995. The molecule has 0 aliphatic rings. The van der Waals surface area contributed by atoms with Gasteiger partial charge in [-0.3, -0.25) is 4.99 Å². The lowest BCUT2D eigenvalue weighted by Gasteiger charge is -2.16. The van der Waals surface area contributed by atoms with Crippen molar-refractivity contribution in [2.75, 3.05) is 42.0 Å². The molecular weight excluding hydrogens is 258 g/mol. The van der Waals surface area contributed by atoms with Crippen molar-refractivity contribution in [3.63, 3.8) is 0 Å². The molecular formula is C14H23N3O3. The monoisotopic (exact) mass is 281 g/mol. The summed E-state index contributed by atoms with van der Waals surface area (Å²) in [7, 11) is 8.44. The van der Waals surface area contributed by atoms with Gasteiger partial charge in [-0.25, -0.2) is 0 Å². The summed E-state index contributed by atoms with van der Waals surface area (Å²) in [5.74, 6) is 2.96. The first-order chi connectivity index (χ1) is 9.69. The van der Waals surface area contributed by atoms with Crippen molar-refractivity contribution in [2.45, 2.75) is 6.42 Å². The summed E-state index contributed by atoms with van der Waals surface area (Å²) >= 11 is 0. The SMILES string of the molecule is CN=C(NC)NCCc1c(OC)cc(OC)cc1OC. The Morgan fingerprint density at radius 1 is 1.10 bits per heavy atom. The van der Waals surface area contributed by atoms with Crippen molar-refractivity contribution in [3.05, 3.63) is 17.7 Å². The zero-order valence-electron chi connectivity index (χ0n) is 12.7. The Balaban J connectivity index is 2.87. The summed E-state index contributed by atoms with van der Waals surface area (Å²) in [4.78, 5) is 4.06. The van der Waals surface area contributed by atoms with Gasteiger partial charge in [-0.1, -0.05) is 0 Å². The van der Waals surface area contributed by atoms with E-state index >= 15 is 0 Å². The lowest BCUT2D eigenvalue weighted by atomic mass is 10.1. The van der Waals surface area contributed by atoms with Crippen molar-refractivity contribution in [1.29, 1.82) is 0 Å². The predicted octanol–water partition coefficient (Wildman–Crippen LogP) is 1.05. The van der Waals surface area contributed by atoms with Crippen molar-refractivity contribution in [1.82, 2.24) is 10.6 Å². The number of methoxy groups -OCH3 is 3. The second-order valence-corrected chi connectivity index (χ2v) is 4.01. The molecule has 0 atom stereocenters. The van der Waals surface area contributed by atoms with Gasteiger partial charge in [-0.15, -0.1) is 0 Å². The van der Waals surface area contributed by atoms with Gasteiger partial charge in [0, 0.05) is 38.3 Å². The minimum atomic E-state index is 0.710. The maximum Gasteiger partial charge on any atom is 0.190 e. The number of nitrogens with zero attached hydrogens (tertiary/aromatic N) is 1. The molecule has 0 aromatic heterocycles. The van der Waals surface area contributed by atoms with Crippen LogP contribution >= 0.6 is 0 Å². The molecule has 1 aromatic carbocycles. The Hall–Kier alpha value is -2.11. The molecule has 0 aliphatic heterocycles. The Morgan fingerprint density at radius 3 is 2.10 bits per heavy atom. The van der Waals surface area contributed by atoms with E-state index in [2.05, 4.69) is 15.6 Å². The Morgan fingerprint density at radius 2 is 1.70 bits per heavy atom. The first-order valence-corrected chi connectivity index (χ1v) is 6.37. The van der Waals surface area contributed by atoms with Crippen LogP contribution in [-0.2, 0) is 6.42 Å². The molecule has 0 radical (unpaired) electrons. The van der Waals surface area contributed by atoms with Gasteiger partial charge < -0.3 is 24.8 Å². The van der Waals surface area contributed by atoms with E-state index in [4.69, 9.17) is 14.2 Å². The minimum absolute atomic E-state index is 0.710. The molecule has 0 saturated heterocycles. The highest BCUT2D eigenvalue weighted by Gasteiger charge is 2.13. The number of ether oxygens (including phenoxy) is 3. The molecule has 0 saturated carbocycles. The Kier molecular flexibility index (Phi) is 6.49. The third-order valence-corrected chi connectivity index (χ3v) is 2.94. The third-order valence-electron chi connectivity index (χ3n) is 2.94. The van der Waals surface area contributed by atoms with Crippen LogP contribution in [0.1, 0.15) is 5.56 Å². The summed E-state index contributed by atoms with van der Waals surface area (Å²) in [6.07, 6.45) is 0.747. The standard InChI is InChI=1S/C14H23N3O3/c1-15-14(16-2)17-7-6-11-12(19-4)8-10(18-3)9-13(11)20-5/h8-9H,6-7H2,1-5H3,(H2,15,16,17). The van der Waals surface area contributed by atoms with Crippen molar-refractivity contribution in [2.24, 2.45) is 4.99 Å². The van der Waals surface area contributed by atoms with Crippen LogP contribution in [0.25, 0.3) is 0 Å². The fourth-order valence-electron chi connectivity index (χ4n) is 1.91. The molecule has 0 spiro atoms. The lowest BCUT2D eigenvalue weighted by molar-refractivity contribution is 0.368. The van der Waals surface area contributed by atoms with Gasteiger partial charge >= 0.3 is 0 Å². The molecule has 0 bridgehead atoms. The van der Waals surface area contributed by atoms with Gasteiger partial charge in [-0.05, 0) is 6.42 Å². The van der Waals surface area contributed by atoms with Crippen LogP contribution in [0.4, 0.5) is 0 Å². The third kappa shape index (κ3) is 3.94. The second-order valence-electron chi connectivity index (χ2n) is 4.01. The molecule has 1 rings (SSSR count). The van der Waals surface area contributed by atoms with Crippen LogP contribution in [0.2, 0.25) is 0 Å². The Bertz CT molecular complexity index is 436. The smallest absolute Gasteiger partial charge is 0.190 e. The van der Waals surface area contributed by atoms with E-state index in [0.717, 1.165) is 29.4 Å². The minimum Gasteiger partial charge on any atom is -0.496 e. The summed E-state index contributed by atoms with van der Waals surface area (Å²) < 4.78 is 16.0. The number of benzene rings is 1. The average molecular weight is 281 g/mol. The summed E-state index contributed by atoms with van der Waals surface area (Å²) in [6.45, 7) is 0.715. The fraction of sp³-hybridized carbons (Fsp3) is 0.500. The number of guanidine groups is 1. The predicted molar refractivity (Wildman–Crippen MR) is 80.2 cm³/mol. The number of aliphatic imine (C=N–C) groups is 1. The van der Waals surface area contributed by atoms with Crippen LogP contribution in [-0.4, -0.2) is 47.9 Å². The van der Waals surface area contributed by atoms with Crippen LogP contribution < -0.4 is 24.8 Å². The van der Waals surface area contributed by atoms with Gasteiger partial charge in [0.1, 0.15) is 17.2 Å². The Labute approximate surface area is 120 Å². The molecule has 2 N–H and O–H groups in total. The molecule has 0 unspecified atom stereocenters. The van der Waals surface area contributed by atoms with Crippen LogP contribution in [0.15, 0.2) is 17.1 Å². The zero-order valence-corrected chi connectivity index (χ0v) is 12.7.